The Morgan fingerprint density at radius 3 is 2.43 bits per heavy atom. The van der Waals surface area contributed by atoms with E-state index in [9.17, 15) is 13.2 Å². The third kappa shape index (κ3) is 3.70. The second kappa shape index (κ2) is 6.69. The third-order valence-corrected chi connectivity index (χ3v) is 4.20. The Morgan fingerprint density at radius 1 is 1.24 bits per heavy atom. The van der Waals surface area contributed by atoms with Gasteiger partial charge in [0.15, 0.2) is 0 Å². The SMILES string of the molecule is CCN(c1ccc(CNC)c(C(F)(F)F)c1)C1CCCC1. The molecule has 1 N–H and O–H groups in total. The Balaban J connectivity index is 2.35. The average Bonchev–Trinajstić information content (AvgIpc) is 2.94. The van der Waals surface area contributed by atoms with Crippen molar-refractivity contribution in [2.24, 2.45) is 0 Å². The first-order chi connectivity index (χ1) is 9.97. The maximum absolute atomic E-state index is 13.3. The van der Waals surface area contributed by atoms with Gasteiger partial charge in [-0.25, -0.2) is 0 Å². The van der Waals surface area contributed by atoms with Gasteiger partial charge in [-0.3, -0.25) is 0 Å². The van der Waals surface area contributed by atoms with E-state index in [2.05, 4.69) is 10.2 Å². The normalized spacial score (nSPS) is 16.4. The zero-order valence-electron chi connectivity index (χ0n) is 12.6. The molecule has 0 heterocycles. The monoisotopic (exact) mass is 300 g/mol. The molecule has 1 aliphatic carbocycles. The molecule has 0 atom stereocenters. The van der Waals surface area contributed by atoms with Crippen molar-refractivity contribution in [3.05, 3.63) is 29.3 Å². The molecule has 0 aromatic heterocycles. The average molecular weight is 300 g/mol. The van der Waals surface area contributed by atoms with E-state index in [0.717, 1.165) is 19.4 Å². The van der Waals surface area contributed by atoms with Gasteiger partial charge >= 0.3 is 6.18 Å². The summed E-state index contributed by atoms with van der Waals surface area (Å²) in [6.07, 6.45) is 0.189. The Morgan fingerprint density at radius 2 is 1.90 bits per heavy atom. The minimum absolute atomic E-state index is 0.227. The molecule has 1 aromatic carbocycles. The van der Waals surface area contributed by atoms with E-state index < -0.39 is 11.7 Å². The van der Waals surface area contributed by atoms with Crippen molar-refractivity contribution in [3.63, 3.8) is 0 Å². The van der Waals surface area contributed by atoms with Gasteiger partial charge in [0.25, 0.3) is 0 Å². The van der Waals surface area contributed by atoms with E-state index in [1.807, 2.05) is 13.0 Å². The maximum atomic E-state index is 13.3. The Bertz CT molecular complexity index is 465. The number of benzene rings is 1. The number of nitrogens with zero attached hydrogens (tertiary/aromatic N) is 1. The summed E-state index contributed by atoms with van der Waals surface area (Å²) in [4.78, 5) is 2.12. The van der Waals surface area contributed by atoms with Crippen LogP contribution in [0.15, 0.2) is 18.2 Å². The molecule has 0 aliphatic heterocycles. The largest absolute Gasteiger partial charge is 0.416 e. The second-order valence-electron chi connectivity index (χ2n) is 5.59. The quantitative estimate of drug-likeness (QED) is 0.877. The number of hydrogen-bond acceptors (Lipinski definition) is 2. The fraction of sp³-hybridized carbons (Fsp3) is 0.625. The molecule has 1 aliphatic rings. The van der Waals surface area contributed by atoms with Gasteiger partial charge in [-0.05, 0) is 44.5 Å². The van der Waals surface area contributed by atoms with E-state index >= 15 is 0 Å². The molecular formula is C16H23F3N2. The zero-order valence-corrected chi connectivity index (χ0v) is 12.6. The van der Waals surface area contributed by atoms with Crippen LogP contribution in [0.4, 0.5) is 18.9 Å². The molecule has 2 rings (SSSR count). The minimum Gasteiger partial charge on any atom is -0.369 e. The van der Waals surface area contributed by atoms with E-state index in [1.54, 1.807) is 13.1 Å². The van der Waals surface area contributed by atoms with Crippen LogP contribution in [0.3, 0.4) is 0 Å². The van der Waals surface area contributed by atoms with Crippen LogP contribution in [0.2, 0.25) is 0 Å². The molecule has 1 saturated carbocycles. The summed E-state index contributed by atoms with van der Waals surface area (Å²) in [5, 5.41) is 2.80. The first-order valence-electron chi connectivity index (χ1n) is 7.58. The molecule has 1 aromatic rings. The van der Waals surface area contributed by atoms with Crippen molar-refractivity contribution >= 4 is 5.69 Å². The number of hydrogen-bond donors (Lipinski definition) is 1. The van der Waals surface area contributed by atoms with Gasteiger partial charge < -0.3 is 10.2 Å². The first-order valence-corrected chi connectivity index (χ1v) is 7.58. The van der Waals surface area contributed by atoms with Crippen LogP contribution in [-0.2, 0) is 12.7 Å². The van der Waals surface area contributed by atoms with Crippen LogP contribution in [-0.4, -0.2) is 19.6 Å². The summed E-state index contributed by atoms with van der Waals surface area (Å²) < 4.78 is 39.8. The smallest absolute Gasteiger partial charge is 0.369 e. The highest BCUT2D eigenvalue weighted by Gasteiger charge is 2.34. The van der Waals surface area contributed by atoms with Crippen molar-refractivity contribution in [2.45, 2.75) is 51.4 Å². The Hall–Kier alpha value is -1.23. The Labute approximate surface area is 124 Å². The van der Waals surface area contributed by atoms with Gasteiger partial charge in [0.05, 0.1) is 5.56 Å². The molecule has 118 valence electrons. The first kappa shape index (κ1) is 16.1. The van der Waals surface area contributed by atoms with Gasteiger partial charge in [-0.1, -0.05) is 18.9 Å². The van der Waals surface area contributed by atoms with Crippen LogP contribution in [0.5, 0.6) is 0 Å². The lowest BCUT2D eigenvalue weighted by Crippen LogP contribution is -2.33. The van der Waals surface area contributed by atoms with Crippen LogP contribution in [0, 0.1) is 0 Å². The van der Waals surface area contributed by atoms with Crippen LogP contribution in [0.1, 0.15) is 43.7 Å². The molecular weight excluding hydrogens is 277 g/mol. The molecule has 5 heteroatoms. The summed E-state index contributed by atoms with van der Waals surface area (Å²) in [7, 11) is 1.66. The summed E-state index contributed by atoms with van der Waals surface area (Å²) in [5.41, 5.74) is 0.471. The maximum Gasteiger partial charge on any atom is 0.416 e. The van der Waals surface area contributed by atoms with Crippen LogP contribution in [0.25, 0.3) is 0 Å². The van der Waals surface area contributed by atoms with Crippen LogP contribution >= 0.6 is 0 Å². The summed E-state index contributed by atoms with van der Waals surface area (Å²) in [6.45, 7) is 2.98. The molecule has 2 nitrogen and oxygen atoms in total. The number of nitrogens with one attached hydrogen (secondary N) is 1. The molecule has 0 amide bonds. The van der Waals surface area contributed by atoms with Gasteiger partial charge in [-0.2, -0.15) is 13.2 Å². The van der Waals surface area contributed by atoms with Crippen molar-refractivity contribution in [1.29, 1.82) is 0 Å². The highest BCUT2D eigenvalue weighted by Crippen LogP contribution is 2.36. The topological polar surface area (TPSA) is 15.3 Å². The lowest BCUT2D eigenvalue weighted by Gasteiger charge is -2.31. The van der Waals surface area contributed by atoms with Gasteiger partial charge in [-0.15, -0.1) is 0 Å². The number of rotatable bonds is 5. The summed E-state index contributed by atoms with van der Waals surface area (Å²) >= 11 is 0. The highest BCUT2D eigenvalue weighted by molar-refractivity contribution is 5.53. The van der Waals surface area contributed by atoms with Crippen molar-refractivity contribution in [1.82, 2.24) is 5.32 Å². The standard InChI is InChI=1S/C16H23F3N2/c1-3-21(13-6-4-5-7-13)14-9-8-12(11-20-2)15(10-14)16(17,18)19/h8-10,13,20H,3-7,11H2,1-2H3. The molecule has 0 unspecified atom stereocenters. The molecule has 21 heavy (non-hydrogen) atoms. The number of halogens is 3. The molecule has 1 fully saturated rings. The second-order valence-corrected chi connectivity index (χ2v) is 5.59. The molecule has 0 radical (unpaired) electrons. The fourth-order valence-corrected chi connectivity index (χ4v) is 3.22. The minimum atomic E-state index is -4.31. The van der Waals surface area contributed by atoms with E-state index in [0.29, 0.717) is 17.3 Å². The Kier molecular flexibility index (Phi) is 5.14. The van der Waals surface area contributed by atoms with Crippen LogP contribution < -0.4 is 10.2 Å². The molecule has 0 spiro atoms. The van der Waals surface area contributed by atoms with Crippen molar-refractivity contribution < 1.29 is 13.2 Å². The van der Waals surface area contributed by atoms with Crippen molar-refractivity contribution in [2.75, 3.05) is 18.5 Å². The van der Waals surface area contributed by atoms with Gasteiger partial charge in [0, 0.05) is 24.8 Å². The van der Waals surface area contributed by atoms with Gasteiger partial charge in [0.2, 0.25) is 0 Å². The number of alkyl halides is 3. The van der Waals surface area contributed by atoms with E-state index in [4.69, 9.17) is 0 Å². The highest BCUT2D eigenvalue weighted by atomic mass is 19.4. The summed E-state index contributed by atoms with van der Waals surface area (Å²) in [6, 6.07) is 5.12. The lowest BCUT2D eigenvalue weighted by molar-refractivity contribution is -0.138. The van der Waals surface area contributed by atoms with E-state index in [-0.39, 0.29) is 6.54 Å². The van der Waals surface area contributed by atoms with Gasteiger partial charge in [0.1, 0.15) is 0 Å². The molecule has 0 saturated heterocycles. The lowest BCUT2D eigenvalue weighted by atomic mass is 10.0. The zero-order chi connectivity index (χ0) is 15.5. The predicted octanol–water partition coefficient (Wildman–Crippen LogP) is 4.19. The fourth-order valence-electron chi connectivity index (χ4n) is 3.22. The van der Waals surface area contributed by atoms with Crippen molar-refractivity contribution in [3.8, 4) is 0 Å². The van der Waals surface area contributed by atoms with E-state index in [1.165, 1.54) is 18.9 Å². The number of anilines is 1. The third-order valence-electron chi connectivity index (χ3n) is 4.20. The molecule has 0 bridgehead atoms. The summed E-state index contributed by atoms with van der Waals surface area (Å²) in [5.74, 6) is 0. The predicted molar refractivity (Wildman–Crippen MR) is 79.5 cm³/mol.